The third kappa shape index (κ3) is 5.75. The number of nitrogens with zero attached hydrogens (tertiary/aromatic N) is 3. The molecule has 0 radical (unpaired) electrons. The highest BCUT2D eigenvalue weighted by Crippen LogP contribution is 2.32. The van der Waals surface area contributed by atoms with Gasteiger partial charge in [0.05, 0.1) is 12.9 Å². The van der Waals surface area contributed by atoms with Crippen molar-refractivity contribution in [1.29, 1.82) is 0 Å². The zero-order valence-corrected chi connectivity index (χ0v) is 18.6. The number of methoxy groups -OCH3 is 1. The Morgan fingerprint density at radius 1 is 1.13 bits per heavy atom. The summed E-state index contributed by atoms with van der Waals surface area (Å²) in [5.74, 6) is 1.35. The number of benzene rings is 2. The van der Waals surface area contributed by atoms with Crippen molar-refractivity contribution in [2.75, 3.05) is 18.2 Å². The molecule has 0 aliphatic carbocycles. The van der Waals surface area contributed by atoms with Crippen molar-refractivity contribution >= 4 is 23.4 Å². The quantitative estimate of drug-likeness (QED) is 0.474. The van der Waals surface area contributed by atoms with Crippen LogP contribution >= 0.6 is 11.8 Å². The summed E-state index contributed by atoms with van der Waals surface area (Å²) in [6.07, 6.45) is -0.387. The van der Waals surface area contributed by atoms with Gasteiger partial charge in [-0.05, 0) is 51.1 Å². The molecule has 1 unspecified atom stereocenters. The Labute approximate surface area is 185 Å². The molecule has 1 atom stereocenters. The summed E-state index contributed by atoms with van der Waals surface area (Å²) < 4.78 is 26.7. The van der Waals surface area contributed by atoms with Gasteiger partial charge in [0.25, 0.3) is 0 Å². The molecule has 164 valence electrons. The molecule has 0 saturated heterocycles. The summed E-state index contributed by atoms with van der Waals surface area (Å²) in [7, 11) is 1.59. The van der Waals surface area contributed by atoms with Gasteiger partial charge in [0, 0.05) is 11.7 Å². The summed E-state index contributed by atoms with van der Waals surface area (Å²) in [6, 6.07) is 13.2. The van der Waals surface area contributed by atoms with Crippen LogP contribution in [0.4, 0.5) is 10.1 Å². The first-order valence-corrected chi connectivity index (χ1v) is 10.8. The molecule has 1 amide bonds. The van der Waals surface area contributed by atoms with Gasteiger partial charge < -0.3 is 19.4 Å². The Morgan fingerprint density at radius 2 is 1.87 bits per heavy atom. The van der Waals surface area contributed by atoms with Crippen LogP contribution in [0.5, 0.6) is 11.5 Å². The molecule has 1 aromatic heterocycles. The van der Waals surface area contributed by atoms with Crippen LogP contribution in [-0.4, -0.2) is 33.5 Å². The second kappa shape index (κ2) is 10.3. The predicted octanol–water partition coefficient (Wildman–Crippen LogP) is 4.88. The Kier molecular flexibility index (Phi) is 7.51. The van der Waals surface area contributed by atoms with Crippen molar-refractivity contribution in [3.8, 4) is 11.5 Å². The Balaban J connectivity index is 1.70. The topological polar surface area (TPSA) is 78.3 Å². The van der Waals surface area contributed by atoms with Gasteiger partial charge >= 0.3 is 0 Å². The van der Waals surface area contributed by atoms with E-state index in [-0.39, 0.29) is 23.8 Å². The maximum Gasteiger partial charge on any atom is 0.234 e. The fourth-order valence-corrected chi connectivity index (χ4v) is 3.88. The van der Waals surface area contributed by atoms with E-state index in [9.17, 15) is 9.18 Å². The van der Waals surface area contributed by atoms with E-state index in [2.05, 4.69) is 15.5 Å². The predicted molar refractivity (Wildman–Crippen MR) is 118 cm³/mol. The number of nitrogens with one attached hydrogen (secondary N) is 1. The second-order valence-corrected chi connectivity index (χ2v) is 8.01. The van der Waals surface area contributed by atoms with Crippen LogP contribution < -0.4 is 14.8 Å². The summed E-state index contributed by atoms with van der Waals surface area (Å²) >= 11 is 1.26. The molecule has 1 N–H and O–H groups in total. The lowest BCUT2D eigenvalue weighted by Gasteiger charge is -2.19. The number of amides is 1. The number of carbonyl (C=O) groups excluding carboxylic acids is 1. The normalized spacial score (nSPS) is 11.9. The number of aromatic nitrogens is 3. The molecule has 2 aromatic carbocycles. The smallest absolute Gasteiger partial charge is 0.234 e. The molecule has 1 heterocycles. The third-order valence-electron chi connectivity index (χ3n) is 4.38. The molecule has 0 aliphatic heterocycles. The minimum absolute atomic E-state index is 0.0579. The number of anilines is 1. The van der Waals surface area contributed by atoms with Crippen LogP contribution in [-0.2, 0) is 4.79 Å². The average Bonchev–Trinajstić information content (AvgIpc) is 3.17. The minimum Gasteiger partial charge on any atom is -0.493 e. The van der Waals surface area contributed by atoms with Crippen molar-refractivity contribution in [1.82, 2.24) is 14.8 Å². The van der Waals surface area contributed by atoms with Crippen LogP contribution in [0, 0.1) is 5.82 Å². The van der Waals surface area contributed by atoms with Crippen molar-refractivity contribution in [3.63, 3.8) is 0 Å². The number of para-hydroxylation sites is 2. The first-order valence-electron chi connectivity index (χ1n) is 9.81. The van der Waals surface area contributed by atoms with E-state index in [0.717, 1.165) is 0 Å². The Hall–Kier alpha value is -3.07. The number of rotatable bonds is 9. The summed E-state index contributed by atoms with van der Waals surface area (Å²) in [5.41, 5.74) is 0.412. The van der Waals surface area contributed by atoms with Gasteiger partial charge in [0.15, 0.2) is 28.6 Å². The van der Waals surface area contributed by atoms with Crippen molar-refractivity contribution in [2.24, 2.45) is 0 Å². The van der Waals surface area contributed by atoms with Gasteiger partial charge in [0.1, 0.15) is 5.82 Å². The first kappa shape index (κ1) is 22.6. The van der Waals surface area contributed by atoms with Crippen molar-refractivity contribution in [3.05, 3.63) is 60.2 Å². The zero-order valence-electron chi connectivity index (χ0n) is 17.8. The fourth-order valence-electron chi connectivity index (χ4n) is 3.00. The molecule has 9 heteroatoms. The molecule has 7 nitrogen and oxygen atoms in total. The van der Waals surface area contributed by atoms with E-state index in [1.165, 1.54) is 23.9 Å². The van der Waals surface area contributed by atoms with Crippen molar-refractivity contribution in [2.45, 2.75) is 38.1 Å². The zero-order chi connectivity index (χ0) is 22.4. The van der Waals surface area contributed by atoms with Crippen LogP contribution in [0.1, 0.15) is 38.7 Å². The maximum absolute atomic E-state index is 13.3. The van der Waals surface area contributed by atoms with E-state index in [0.29, 0.717) is 28.2 Å². The molecular weight excluding hydrogens is 419 g/mol. The standard InChI is InChI=1S/C22H25FN4O3S/c1-14(2)27-21(15(3)30-19-11-6-5-10-18(19)29-4)25-26-22(27)31-13-20(28)24-17-9-7-8-16(23)12-17/h5-12,14-15H,13H2,1-4H3,(H,24,28). The lowest BCUT2D eigenvalue weighted by atomic mass is 10.3. The molecular formula is C22H25FN4O3S. The lowest BCUT2D eigenvalue weighted by Crippen LogP contribution is -2.16. The third-order valence-corrected chi connectivity index (χ3v) is 5.33. The van der Waals surface area contributed by atoms with Crippen LogP contribution in [0.3, 0.4) is 0 Å². The monoisotopic (exact) mass is 444 g/mol. The highest BCUT2D eigenvalue weighted by Gasteiger charge is 2.23. The van der Waals surface area contributed by atoms with E-state index in [4.69, 9.17) is 9.47 Å². The molecule has 0 spiro atoms. The fraction of sp³-hybridized carbons (Fsp3) is 0.318. The van der Waals surface area contributed by atoms with Gasteiger partial charge in [0.2, 0.25) is 5.91 Å². The number of thioether (sulfide) groups is 1. The SMILES string of the molecule is COc1ccccc1OC(C)c1nnc(SCC(=O)Nc2cccc(F)c2)n1C(C)C. The number of ether oxygens (including phenoxy) is 2. The molecule has 0 fully saturated rings. The number of hydrogen-bond donors (Lipinski definition) is 1. The Bertz CT molecular complexity index is 1040. The van der Waals surface area contributed by atoms with Gasteiger partial charge in [-0.1, -0.05) is 30.0 Å². The molecule has 3 aromatic rings. The molecule has 0 saturated carbocycles. The van der Waals surface area contributed by atoms with Crippen LogP contribution in [0.15, 0.2) is 53.7 Å². The minimum atomic E-state index is -0.404. The Morgan fingerprint density at radius 3 is 2.55 bits per heavy atom. The van der Waals surface area contributed by atoms with Gasteiger partial charge in [-0.2, -0.15) is 0 Å². The van der Waals surface area contributed by atoms with Gasteiger partial charge in [-0.15, -0.1) is 10.2 Å². The van der Waals surface area contributed by atoms with Crippen LogP contribution in [0.25, 0.3) is 0 Å². The molecule has 31 heavy (non-hydrogen) atoms. The first-order chi connectivity index (χ1) is 14.9. The highest BCUT2D eigenvalue weighted by atomic mass is 32.2. The van der Waals surface area contributed by atoms with Crippen molar-refractivity contribution < 1.29 is 18.7 Å². The van der Waals surface area contributed by atoms with E-state index < -0.39 is 5.82 Å². The molecule has 0 aliphatic rings. The number of hydrogen-bond acceptors (Lipinski definition) is 6. The summed E-state index contributed by atoms with van der Waals surface area (Å²) in [6.45, 7) is 5.92. The maximum atomic E-state index is 13.3. The highest BCUT2D eigenvalue weighted by molar-refractivity contribution is 7.99. The molecule has 3 rings (SSSR count). The lowest BCUT2D eigenvalue weighted by molar-refractivity contribution is -0.113. The van der Waals surface area contributed by atoms with E-state index >= 15 is 0 Å². The largest absolute Gasteiger partial charge is 0.493 e. The van der Waals surface area contributed by atoms with E-state index in [1.54, 1.807) is 19.2 Å². The van der Waals surface area contributed by atoms with E-state index in [1.807, 2.05) is 49.6 Å². The summed E-state index contributed by atoms with van der Waals surface area (Å²) in [4.78, 5) is 12.3. The van der Waals surface area contributed by atoms with Crippen LogP contribution in [0.2, 0.25) is 0 Å². The molecule has 0 bridgehead atoms. The second-order valence-electron chi connectivity index (χ2n) is 7.06. The van der Waals surface area contributed by atoms with Gasteiger partial charge in [-0.3, -0.25) is 4.79 Å². The number of carbonyl (C=O) groups is 1. The number of halogens is 1. The summed E-state index contributed by atoms with van der Waals surface area (Å²) in [5, 5.41) is 11.9. The van der Waals surface area contributed by atoms with Gasteiger partial charge in [-0.25, -0.2) is 4.39 Å². The average molecular weight is 445 g/mol.